The Labute approximate surface area is 224 Å². The average molecular weight is 577 g/mol. The van der Waals surface area contributed by atoms with Gasteiger partial charge in [0.2, 0.25) is 6.79 Å². The van der Waals surface area contributed by atoms with Crippen molar-refractivity contribution in [1.29, 1.82) is 0 Å². The highest BCUT2D eigenvalue weighted by atomic mass is 31.1. The van der Waals surface area contributed by atoms with Crippen LogP contribution in [0.15, 0.2) is 17.2 Å². The second kappa shape index (κ2) is 12.6. The van der Waals surface area contributed by atoms with E-state index in [0.29, 0.717) is 0 Å². The zero-order valence-corrected chi connectivity index (χ0v) is 23.1. The number of esters is 2. The molecule has 0 radical (unpaired) electrons. The lowest BCUT2D eigenvalue weighted by Crippen LogP contribution is -2.47. The van der Waals surface area contributed by atoms with Crippen LogP contribution in [0.1, 0.15) is 58.3 Å². The van der Waals surface area contributed by atoms with Crippen molar-refractivity contribution < 1.29 is 57.4 Å². The predicted octanol–water partition coefficient (Wildman–Crippen LogP) is -0.0347. The summed E-state index contributed by atoms with van der Waals surface area (Å²) in [6.45, 7) is 7.60. The SMILES string of the molecule is CC(C)(C)C(=O)OCOC(OC[C@H]1O[C@@H](n2ccnc(C(N)=O)c2=O)[C@H](O)[C@@H]1O)(OP=O)OC(=O)C(C)(C)C. The molecule has 1 aromatic rings. The maximum Gasteiger partial charge on any atom is 0.476 e. The van der Waals surface area contributed by atoms with E-state index in [4.69, 9.17) is 33.9 Å². The molecule has 218 valence electrons. The number of aliphatic hydroxyl groups is 2. The van der Waals surface area contributed by atoms with Crippen molar-refractivity contribution in [2.75, 3.05) is 13.4 Å². The number of hydrogen-bond donors (Lipinski definition) is 3. The van der Waals surface area contributed by atoms with Crippen LogP contribution in [0.2, 0.25) is 0 Å². The van der Waals surface area contributed by atoms with Gasteiger partial charge in [-0.15, -0.1) is 0 Å². The van der Waals surface area contributed by atoms with Gasteiger partial charge in [-0.3, -0.25) is 33.2 Å². The van der Waals surface area contributed by atoms with E-state index in [9.17, 15) is 34.0 Å². The number of aliphatic hydroxyl groups excluding tert-OH is 2. The Kier molecular flexibility index (Phi) is 10.4. The van der Waals surface area contributed by atoms with Crippen LogP contribution in [0.5, 0.6) is 0 Å². The number of nitrogens with zero attached hydrogens (tertiary/aromatic N) is 2. The quantitative estimate of drug-likeness (QED) is 0.178. The van der Waals surface area contributed by atoms with Gasteiger partial charge in [0, 0.05) is 12.4 Å². The summed E-state index contributed by atoms with van der Waals surface area (Å²) in [5.41, 5.74) is 1.47. The van der Waals surface area contributed by atoms with Crippen molar-refractivity contribution in [3.05, 3.63) is 28.4 Å². The van der Waals surface area contributed by atoms with Crippen LogP contribution < -0.4 is 11.3 Å². The lowest BCUT2D eigenvalue weighted by atomic mass is 9.97. The lowest BCUT2D eigenvalue weighted by Gasteiger charge is -2.32. The molecule has 0 aliphatic carbocycles. The molecule has 1 unspecified atom stereocenters. The molecule has 0 aromatic carbocycles. The Hall–Kier alpha value is -2.85. The molecule has 1 saturated heterocycles. The van der Waals surface area contributed by atoms with E-state index in [-0.39, 0.29) is 0 Å². The standard InChI is InChI=1S/C22H32N3O13P/c1-20(2,3)18(30)33-10-35-22(38-39-32,37-19(31)21(4,5)6)34-9-11-13(26)14(27)17(36-11)25-8-7-24-12(15(23)28)16(25)29/h7-8,11,13-14,17,26-27H,9-10H2,1-6H3,(H2,23,28)/t11-,13-,14-,17-,22?/m1/s1. The van der Waals surface area contributed by atoms with Crippen LogP contribution in [-0.2, 0) is 42.4 Å². The summed E-state index contributed by atoms with van der Waals surface area (Å²) >= 11 is 0. The molecule has 0 spiro atoms. The Balaban J connectivity index is 2.28. The van der Waals surface area contributed by atoms with Gasteiger partial charge in [-0.1, -0.05) is 0 Å². The summed E-state index contributed by atoms with van der Waals surface area (Å²) in [7, 11) is -1.08. The highest BCUT2D eigenvalue weighted by Crippen LogP contribution is 2.32. The molecule has 1 aromatic heterocycles. The van der Waals surface area contributed by atoms with E-state index in [1.54, 1.807) is 20.8 Å². The number of amides is 1. The molecule has 0 bridgehead atoms. The van der Waals surface area contributed by atoms with Crippen molar-refractivity contribution in [2.24, 2.45) is 16.6 Å². The predicted molar refractivity (Wildman–Crippen MR) is 127 cm³/mol. The summed E-state index contributed by atoms with van der Waals surface area (Å²) < 4.78 is 43.5. The Morgan fingerprint density at radius 1 is 1.08 bits per heavy atom. The van der Waals surface area contributed by atoms with Crippen LogP contribution in [0.4, 0.5) is 0 Å². The van der Waals surface area contributed by atoms with E-state index in [2.05, 4.69) is 4.98 Å². The van der Waals surface area contributed by atoms with Crippen LogP contribution in [0.3, 0.4) is 0 Å². The lowest BCUT2D eigenvalue weighted by molar-refractivity contribution is -0.466. The molecule has 1 aliphatic rings. The van der Waals surface area contributed by atoms with Crippen LogP contribution in [0, 0.1) is 10.8 Å². The molecule has 2 heterocycles. The molecule has 16 nitrogen and oxygen atoms in total. The monoisotopic (exact) mass is 577 g/mol. The van der Waals surface area contributed by atoms with Gasteiger partial charge in [0.25, 0.3) is 11.5 Å². The van der Waals surface area contributed by atoms with E-state index in [1.165, 1.54) is 20.8 Å². The van der Waals surface area contributed by atoms with E-state index < -0.39 is 92.7 Å². The Bertz CT molecular complexity index is 1130. The maximum atomic E-state index is 12.6. The number of carbonyl (C=O) groups excluding carboxylic acids is 3. The van der Waals surface area contributed by atoms with Crippen molar-refractivity contribution in [2.45, 2.75) is 72.2 Å². The summed E-state index contributed by atoms with van der Waals surface area (Å²) in [5, 5.41) is 21.1. The van der Waals surface area contributed by atoms with Gasteiger partial charge < -0.3 is 30.2 Å². The van der Waals surface area contributed by atoms with Crippen LogP contribution in [-0.4, -0.2) is 75.5 Å². The zero-order chi connectivity index (χ0) is 29.8. The summed E-state index contributed by atoms with van der Waals surface area (Å²) in [6, 6.07) is 0. The normalized spacial score (nSPS) is 23.3. The minimum Gasteiger partial charge on any atom is -0.438 e. The molecule has 1 fully saturated rings. The first-order chi connectivity index (χ1) is 17.9. The topological polar surface area (TPSA) is 225 Å². The minimum atomic E-state index is -2.86. The molecule has 0 saturated carbocycles. The number of carbonyl (C=O) groups is 3. The fourth-order valence-electron chi connectivity index (χ4n) is 2.93. The molecule has 39 heavy (non-hydrogen) atoms. The molecule has 4 N–H and O–H groups in total. The van der Waals surface area contributed by atoms with Crippen molar-refractivity contribution >= 4 is 26.5 Å². The van der Waals surface area contributed by atoms with Gasteiger partial charge in [0.05, 0.1) is 17.4 Å². The number of aromatic nitrogens is 2. The first-order valence-electron chi connectivity index (χ1n) is 11.5. The fraction of sp³-hybridized carbons (Fsp3) is 0.682. The summed E-state index contributed by atoms with van der Waals surface area (Å²) in [4.78, 5) is 52.3. The highest BCUT2D eigenvalue weighted by Gasteiger charge is 2.49. The van der Waals surface area contributed by atoms with Gasteiger partial charge in [-0.2, -0.15) is 4.52 Å². The van der Waals surface area contributed by atoms with Gasteiger partial charge in [-0.25, -0.2) is 9.55 Å². The third-order valence-electron chi connectivity index (χ3n) is 5.15. The minimum absolute atomic E-state index is 0.628. The molecule has 2 rings (SSSR count). The first kappa shape index (κ1) is 32.4. The Morgan fingerprint density at radius 2 is 1.69 bits per heavy atom. The summed E-state index contributed by atoms with van der Waals surface area (Å²) in [5.74, 6) is -2.76. The van der Waals surface area contributed by atoms with E-state index in [1.807, 2.05) is 0 Å². The molecule has 1 amide bonds. The van der Waals surface area contributed by atoms with Gasteiger partial charge >= 0.3 is 26.8 Å². The number of hydrogen-bond acceptors (Lipinski definition) is 14. The number of nitrogens with two attached hydrogens (primary N) is 1. The second-order valence-corrected chi connectivity index (χ2v) is 10.8. The van der Waals surface area contributed by atoms with Gasteiger partial charge in [0.15, 0.2) is 11.9 Å². The number of primary amides is 1. The van der Waals surface area contributed by atoms with Crippen molar-refractivity contribution in [1.82, 2.24) is 9.55 Å². The molecule has 17 heteroatoms. The smallest absolute Gasteiger partial charge is 0.438 e. The largest absolute Gasteiger partial charge is 0.476 e. The van der Waals surface area contributed by atoms with E-state index >= 15 is 0 Å². The van der Waals surface area contributed by atoms with Crippen LogP contribution in [0.25, 0.3) is 0 Å². The van der Waals surface area contributed by atoms with Crippen molar-refractivity contribution in [3.8, 4) is 0 Å². The molecular weight excluding hydrogens is 545 g/mol. The number of ether oxygens (including phenoxy) is 5. The zero-order valence-electron chi connectivity index (χ0n) is 22.2. The third-order valence-corrected chi connectivity index (χ3v) is 5.45. The van der Waals surface area contributed by atoms with Crippen LogP contribution >= 0.6 is 8.69 Å². The van der Waals surface area contributed by atoms with Gasteiger partial charge in [0.1, 0.15) is 18.3 Å². The maximum absolute atomic E-state index is 12.6. The third kappa shape index (κ3) is 8.08. The first-order valence-corrected chi connectivity index (χ1v) is 12.2. The molecular formula is C22H32N3O13P. The summed E-state index contributed by atoms with van der Waals surface area (Å²) in [6.07, 6.45) is -7.02. The fourth-order valence-corrected chi connectivity index (χ4v) is 3.16. The number of rotatable bonds is 11. The second-order valence-electron chi connectivity index (χ2n) is 10.5. The van der Waals surface area contributed by atoms with Crippen molar-refractivity contribution in [3.63, 3.8) is 0 Å². The highest BCUT2D eigenvalue weighted by molar-refractivity contribution is 7.17. The van der Waals surface area contributed by atoms with E-state index in [0.717, 1.165) is 17.0 Å². The Morgan fingerprint density at radius 3 is 2.23 bits per heavy atom. The average Bonchev–Trinajstić information content (AvgIpc) is 3.10. The molecule has 1 aliphatic heterocycles. The van der Waals surface area contributed by atoms with Gasteiger partial charge in [-0.05, 0) is 41.5 Å². The molecule has 5 atom stereocenters.